The molecule has 1 amide bonds. The van der Waals surface area contributed by atoms with E-state index in [0.29, 0.717) is 23.8 Å². The molecule has 0 aliphatic carbocycles. The van der Waals surface area contributed by atoms with E-state index < -0.39 is 5.91 Å². The molecule has 25 heavy (non-hydrogen) atoms. The lowest BCUT2D eigenvalue weighted by Crippen LogP contribution is -2.23. The Morgan fingerprint density at radius 2 is 1.88 bits per heavy atom. The van der Waals surface area contributed by atoms with Crippen molar-refractivity contribution in [1.29, 1.82) is 5.26 Å². The number of anilines is 1. The van der Waals surface area contributed by atoms with Crippen molar-refractivity contribution in [2.45, 2.75) is 6.54 Å². The maximum atomic E-state index is 12.3. The molecule has 0 heterocycles. The predicted octanol–water partition coefficient (Wildman–Crippen LogP) is 3.18. The Hall–Kier alpha value is -2.81. The highest BCUT2D eigenvalue weighted by atomic mass is 35.5. The minimum Gasteiger partial charge on any atom is -0.395 e. The molecule has 6 heteroatoms. The number of nitrogens with zero attached hydrogens (tertiary/aromatic N) is 2. The van der Waals surface area contributed by atoms with Gasteiger partial charge in [0.05, 0.1) is 6.61 Å². The van der Waals surface area contributed by atoms with E-state index in [2.05, 4.69) is 5.32 Å². The second-order valence-electron chi connectivity index (χ2n) is 5.30. The van der Waals surface area contributed by atoms with Crippen LogP contribution in [0.2, 0.25) is 5.02 Å². The van der Waals surface area contributed by atoms with Crippen LogP contribution in [-0.2, 0) is 11.3 Å². The number of rotatable bonds is 7. The van der Waals surface area contributed by atoms with E-state index in [0.717, 1.165) is 5.56 Å². The molecule has 2 rings (SSSR count). The average Bonchev–Trinajstić information content (AvgIpc) is 2.62. The van der Waals surface area contributed by atoms with Crippen LogP contribution in [0.15, 0.2) is 66.4 Å². The van der Waals surface area contributed by atoms with Gasteiger partial charge in [0.15, 0.2) is 0 Å². The molecule has 0 spiro atoms. The zero-order valence-electron chi connectivity index (χ0n) is 13.5. The first-order chi connectivity index (χ1) is 12.1. The largest absolute Gasteiger partial charge is 0.395 e. The molecule has 0 bridgehead atoms. The third-order valence-corrected chi connectivity index (χ3v) is 3.65. The highest BCUT2D eigenvalue weighted by Crippen LogP contribution is 2.14. The number of hydrogen-bond acceptors (Lipinski definition) is 4. The lowest BCUT2D eigenvalue weighted by Gasteiger charge is -2.20. The Balaban J connectivity index is 2.12. The topological polar surface area (TPSA) is 76.4 Å². The minimum atomic E-state index is -0.513. The van der Waals surface area contributed by atoms with Crippen LogP contribution in [0.5, 0.6) is 0 Å². The third kappa shape index (κ3) is 5.96. The van der Waals surface area contributed by atoms with Crippen LogP contribution in [0.3, 0.4) is 0 Å². The summed E-state index contributed by atoms with van der Waals surface area (Å²) in [5, 5.41) is 21.8. The van der Waals surface area contributed by atoms with Gasteiger partial charge in [-0.3, -0.25) is 4.79 Å². The van der Waals surface area contributed by atoms with Crippen LogP contribution in [0.25, 0.3) is 0 Å². The van der Waals surface area contributed by atoms with E-state index in [9.17, 15) is 15.2 Å². The summed E-state index contributed by atoms with van der Waals surface area (Å²) in [6.45, 7) is 0.718. The van der Waals surface area contributed by atoms with Crippen molar-refractivity contribution in [3.63, 3.8) is 0 Å². The van der Waals surface area contributed by atoms with E-state index >= 15 is 0 Å². The van der Waals surface area contributed by atoms with E-state index in [1.54, 1.807) is 29.2 Å². The van der Waals surface area contributed by atoms with Crippen LogP contribution in [0.4, 0.5) is 5.69 Å². The molecule has 0 saturated heterocycles. The van der Waals surface area contributed by atoms with Gasteiger partial charge >= 0.3 is 0 Å². The number of hydrogen-bond donors (Lipinski definition) is 2. The number of amides is 1. The van der Waals surface area contributed by atoms with Gasteiger partial charge in [-0.05, 0) is 29.8 Å². The fourth-order valence-electron chi connectivity index (χ4n) is 2.19. The normalized spacial score (nSPS) is 10.8. The Kier molecular flexibility index (Phi) is 7.02. The first kappa shape index (κ1) is 18.5. The molecule has 0 saturated carbocycles. The Bertz CT molecular complexity index is 768. The molecule has 2 aromatic carbocycles. The van der Waals surface area contributed by atoms with Crippen molar-refractivity contribution in [2.24, 2.45) is 0 Å². The first-order valence-corrected chi connectivity index (χ1v) is 8.08. The molecule has 0 aliphatic heterocycles. The van der Waals surface area contributed by atoms with E-state index in [4.69, 9.17) is 11.6 Å². The van der Waals surface area contributed by atoms with E-state index in [1.807, 2.05) is 36.4 Å². The number of benzene rings is 2. The molecule has 5 nitrogen and oxygen atoms in total. The van der Waals surface area contributed by atoms with Crippen molar-refractivity contribution >= 4 is 23.2 Å². The van der Waals surface area contributed by atoms with Gasteiger partial charge in [-0.15, -0.1) is 0 Å². The van der Waals surface area contributed by atoms with Crippen molar-refractivity contribution in [2.75, 3.05) is 18.5 Å². The standard InChI is InChI=1S/C19H18ClN3O2/c20-17-6-8-18(9-7-17)22-19(25)16(12-21)14-23(10-11-24)13-15-4-2-1-3-5-15/h1-9,14,24H,10-11,13H2,(H,22,25)/b16-14-. The van der Waals surface area contributed by atoms with Crippen molar-refractivity contribution < 1.29 is 9.90 Å². The number of carbonyl (C=O) groups is 1. The van der Waals surface area contributed by atoms with Crippen LogP contribution >= 0.6 is 11.6 Å². The fraction of sp³-hybridized carbons (Fsp3) is 0.158. The summed E-state index contributed by atoms with van der Waals surface area (Å²) in [6, 6.07) is 18.1. The second-order valence-corrected chi connectivity index (χ2v) is 5.73. The summed E-state index contributed by atoms with van der Waals surface area (Å²) in [5.74, 6) is -0.513. The van der Waals surface area contributed by atoms with Crippen LogP contribution in [0.1, 0.15) is 5.56 Å². The Morgan fingerprint density at radius 3 is 2.48 bits per heavy atom. The number of aliphatic hydroxyl groups is 1. The van der Waals surface area contributed by atoms with Gasteiger partial charge in [0, 0.05) is 30.0 Å². The van der Waals surface area contributed by atoms with Crippen molar-refractivity contribution in [3.8, 4) is 6.07 Å². The summed E-state index contributed by atoms with van der Waals surface area (Å²) >= 11 is 5.81. The summed E-state index contributed by atoms with van der Waals surface area (Å²) in [7, 11) is 0. The molecular formula is C19H18ClN3O2. The first-order valence-electron chi connectivity index (χ1n) is 7.70. The van der Waals surface area contributed by atoms with Gasteiger partial charge in [0.25, 0.3) is 5.91 Å². The van der Waals surface area contributed by atoms with Gasteiger partial charge in [-0.25, -0.2) is 0 Å². The van der Waals surface area contributed by atoms with Crippen LogP contribution < -0.4 is 5.32 Å². The summed E-state index contributed by atoms with van der Waals surface area (Å²) in [6.07, 6.45) is 1.47. The molecule has 2 N–H and O–H groups in total. The highest BCUT2D eigenvalue weighted by Gasteiger charge is 2.12. The number of nitrogens with one attached hydrogen (secondary N) is 1. The van der Waals surface area contributed by atoms with E-state index in [-0.39, 0.29) is 12.2 Å². The molecule has 0 unspecified atom stereocenters. The molecule has 0 radical (unpaired) electrons. The number of nitriles is 1. The van der Waals surface area contributed by atoms with Crippen molar-refractivity contribution in [3.05, 3.63) is 77.0 Å². The lowest BCUT2D eigenvalue weighted by atomic mass is 10.2. The van der Waals surface area contributed by atoms with Gasteiger partial charge in [-0.1, -0.05) is 41.9 Å². The predicted molar refractivity (Wildman–Crippen MR) is 97.7 cm³/mol. The van der Waals surface area contributed by atoms with E-state index in [1.165, 1.54) is 6.20 Å². The molecule has 0 fully saturated rings. The summed E-state index contributed by atoms with van der Waals surface area (Å²) in [5.41, 5.74) is 1.52. The third-order valence-electron chi connectivity index (χ3n) is 3.39. The quantitative estimate of drug-likeness (QED) is 0.590. The van der Waals surface area contributed by atoms with Gasteiger partial charge in [0.1, 0.15) is 11.6 Å². The van der Waals surface area contributed by atoms with Crippen LogP contribution in [0, 0.1) is 11.3 Å². The van der Waals surface area contributed by atoms with Gasteiger partial charge < -0.3 is 15.3 Å². The van der Waals surface area contributed by atoms with Gasteiger partial charge in [-0.2, -0.15) is 5.26 Å². The second kappa shape index (κ2) is 9.48. The highest BCUT2D eigenvalue weighted by molar-refractivity contribution is 6.30. The zero-order chi connectivity index (χ0) is 18.1. The SMILES string of the molecule is N#C/C(=C/N(CCO)Cc1ccccc1)C(=O)Nc1ccc(Cl)cc1. The zero-order valence-corrected chi connectivity index (χ0v) is 14.3. The Morgan fingerprint density at radius 1 is 1.20 bits per heavy atom. The lowest BCUT2D eigenvalue weighted by molar-refractivity contribution is -0.112. The smallest absolute Gasteiger partial charge is 0.267 e. The molecular weight excluding hydrogens is 338 g/mol. The van der Waals surface area contributed by atoms with Gasteiger partial charge in [0.2, 0.25) is 0 Å². The molecule has 128 valence electrons. The Labute approximate surface area is 151 Å². The van der Waals surface area contributed by atoms with Crippen LogP contribution in [-0.4, -0.2) is 29.1 Å². The molecule has 2 aromatic rings. The maximum Gasteiger partial charge on any atom is 0.267 e. The monoisotopic (exact) mass is 355 g/mol. The molecule has 0 atom stereocenters. The fourth-order valence-corrected chi connectivity index (χ4v) is 2.31. The summed E-state index contributed by atoms with van der Waals surface area (Å²) in [4.78, 5) is 14.0. The summed E-state index contributed by atoms with van der Waals surface area (Å²) < 4.78 is 0. The minimum absolute atomic E-state index is 0.0423. The molecule has 0 aliphatic rings. The maximum absolute atomic E-state index is 12.3. The number of halogens is 1. The number of aliphatic hydroxyl groups excluding tert-OH is 1. The van der Waals surface area contributed by atoms with Crippen molar-refractivity contribution in [1.82, 2.24) is 4.90 Å². The number of carbonyl (C=O) groups excluding carboxylic acids is 1. The average molecular weight is 356 g/mol. The molecule has 0 aromatic heterocycles.